The second-order valence-electron chi connectivity index (χ2n) is 6.53. The van der Waals surface area contributed by atoms with Crippen molar-refractivity contribution in [2.75, 3.05) is 13.1 Å². The second-order valence-corrected chi connectivity index (χ2v) is 6.53. The zero-order chi connectivity index (χ0) is 17.9. The van der Waals surface area contributed by atoms with Crippen LogP contribution in [0.2, 0.25) is 0 Å². The van der Waals surface area contributed by atoms with Crippen molar-refractivity contribution in [3.63, 3.8) is 0 Å². The van der Waals surface area contributed by atoms with E-state index >= 15 is 0 Å². The van der Waals surface area contributed by atoms with Crippen LogP contribution in [0, 0.1) is 5.92 Å². The lowest BCUT2D eigenvalue weighted by atomic mass is 10.1. The number of hydrogen-bond acceptors (Lipinski definition) is 8. The first-order valence-electron chi connectivity index (χ1n) is 8.26. The molecule has 9 nitrogen and oxygen atoms in total. The van der Waals surface area contributed by atoms with Gasteiger partial charge in [0.2, 0.25) is 0 Å². The maximum Gasteiger partial charge on any atom is 0.345 e. The Labute approximate surface area is 140 Å². The number of rotatable bonds is 6. The summed E-state index contributed by atoms with van der Waals surface area (Å²) in [5.41, 5.74) is 5.75. The largest absolute Gasteiger partial charge is 0.480 e. The van der Waals surface area contributed by atoms with Crippen molar-refractivity contribution in [3.05, 3.63) is 0 Å². The van der Waals surface area contributed by atoms with E-state index in [0.717, 1.165) is 0 Å². The van der Waals surface area contributed by atoms with Crippen LogP contribution in [0.25, 0.3) is 0 Å². The first kappa shape index (κ1) is 18.6. The molecule has 0 aliphatic carbocycles. The van der Waals surface area contributed by atoms with Crippen molar-refractivity contribution in [2.24, 2.45) is 11.7 Å². The van der Waals surface area contributed by atoms with Gasteiger partial charge in [-0.3, -0.25) is 4.79 Å². The highest BCUT2D eigenvalue weighted by Gasteiger charge is 2.40. The molecule has 0 aromatic heterocycles. The third-order valence-corrected chi connectivity index (χ3v) is 4.37. The number of carboxylic acids is 1. The summed E-state index contributed by atoms with van der Waals surface area (Å²) in [6.07, 6.45) is 2.24. The van der Waals surface area contributed by atoms with Gasteiger partial charge in [0.15, 0.2) is 0 Å². The van der Waals surface area contributed by atoms with E-state index in [-0.39, 0.29) is 5.92 Å². The van der Waals surface area contributed by atoms with Gasteiger partial charge < -0.3 is 20.5 Å². The second kappa shape index (κ2) is 7.91. The van der Waals surface area contributed by atoms with Gasteiger partial charge in [-0.15, -0.1) is 10.1 Å². The molecule has 2 aliphatic rings. The Bertz CT molecular complexity index is 498. The third kappa shape index (κ3) is 4.22. The topological polar surface area (TPSA) is 122 Å². The van der Waals surface area contributed by atoms with E-state index in [1.165, 1.54) is 10.1 Å². The van der Waals surface area contributed by atoms with Gasteiger partial charge in [0, 0.05) is 13.1 Å². The molecule has 24 heavy (non-hydrogen) atoms. The Kier molecular flexibility index (Phi) is 6.14. The van der Waals surface area contributed by atoms with Crippen LogP contribution < -0.4 is 5.73 Å². The zero-order valence-electron chi connectivity index (χ0n) is 14.0. The monoisotopic (exact) mass is 343 g/mol. The van der Waals surface area contributed by atoms with Crippen molar-refractivity contribution < 1.29 is 29.2 Å². The average molecular weight is 343 g/mol. The van der Waals surface area contributed by atoms with Crippen LogP contribution in [-0.2, 0) is 24.1 Å². The Hall–Kier alpha value is -1.71. The Morgan fingerprint density at radius 2 is 1.58 bits per heavy atom. The molecule has 3 N–H and O–H groups in total. The minimum atomic E-state index is -1.02. The molecule has 0 bridgehead atoms. The highest BCUT2D eigenvalue weighted by Crippen LogP contribution is 2.23. The highest BCUT2D eigenvalue weighted by molar-refractivity contribution is 5.78. The number of carbonyl (C=O) groups is 3. The smallest absolute Gasteiger partial charge is 0.345 e. The molecular weight excluding hydrogens is 318 g/mol. The lowest BCUT2D eigenvalue weighted by Crippen LogP contribution is -2.47. The van der Waals surface area contributed by atoms with Crippen LogP contribution >= 0.6 is 0 Å². The molecular formula is C15H25N3O6. The summed E-state index contributed by atoms with van der Waals surface area (Å²) in [6, 6.07) is -2.32. The molecule has 0 unspecified atom stereocenters. The minimum absolute atomic E-state index is 0.0774. The van der Waals surface area contributed by atoms with E-state index in [9.17, 15) is 14.4 Å². The number of carboxylic acid groups (broad SMARTS) is 1. The van der Waals surface area contributed by atoms with Crippen LogP contribution in [0.1, 0.15) is 39.5 Å². The normalized spacial score (nSPS) is 26.5. The summed E-state index contributed by atoms with van der Waals surface area (Å²) in [4.78, 5) is 45.9. The number of aliphatic carboxylic acids is 1. The summed E-state index contributed by atoms with van der Waals surface area (Å²) >= 11 is 0. The predicted molar refractivity (Wildman–Crippen MR) is 82.1 cm³/mol. The fourth-order valence-corrected chi connectivity index (χ4v) is 2.81. The van der Waals surface area contributed by atoms with Crippen LogP contribution in [0.5, 0.6) is 0 Å². The molecule has 0 amide bonds. The van der Waals surface area contributed by atoms with E-state index in [1.54, 1.807) is 13.8 Å². The SMILES string of the molecule is CC(C)[C@H](N)C(=O)ON1CCC[C@H]1C(=O)ON1CCC[C@H]1C(=O)O. The lowest BCUT2D eigenvalue weighted by Gasteiger charge is -2.26. The van der Waals surface area contributed by atoms with Gasteiger partial charge in [-0.2, -0.15) is 0 Å². The van der Waals surface area contributed by atoms with Gasteiger partial charge in [-0.1, -0.05) is 13.8 Å². The first-order valence-corrected chi connectivity index (χ1v) is 8.26. The number of nitrogens with two attached hydrogens (primary N) is 1. The zero-order valence-corrected chi connectivity index (χ0v) is 14.0. The van der Waals surface area contributed by atoms with Crippen molar-refractivity contribution in [2.45, 2.75) is 57.7 Å². The number of carbonyl (C=O) groups excluding carboxylic acids is 2. The van der Waals surface area contributed by atoms with Crippen molar-refractivity contribution in [1.82, 2.24) is 10.1 Å². The summed E-state index contributed by atoms with van der Waals surface area (Å²) in [5, 5.41) is 11.6. The molecule has 0 spiro atoms. The molecule has 0 aromatic rings. The summed E-state index contributed by atoms with van der Waals surface area (Å²) in [5.74, 6) is -2.29. The van der Waals surface area contributed by atoms with Gasteiger partial charge in [0.05, 0.1) is 0 Å². The predicted octanol–water partition coefficient (Wildman–Crippen LogP) is -0.100. The number of hydrogen-bond donors (Lipinski definition) is 2. The standard InChI is InChI=1S/C15H25N3O6/c1-9(2)12(16)15(22)24-18-8-4-6-11(18)14(21)23-17-7-3-5-10(17)13(19)20/h9-12H,3-8,16H2,1-2H3,(H,19,20)/t10-,11-,12-/m0/s1. The van der Waals surface area contributed by atoms with Gasteiger partial charge in [0.1, 0.15) is 18.1 Å². The molecule has 2 heterocycles. The molecule has 0 saturated carbocycles. The molecule has 3 atom stereocenters. The van der Waals surface area contributed by atoms with Gasteiger partial charge in [-0.25, -0.2) is 9.59 Å². The average Bonchev–Trinajstić information content (AvgIpc) is 3.15. The maximum absolute atomic E-state index is 12.3. The molecule has 2 rings (SSSR count). The van der Waals surface area contributed by atoms with Crippen molar-refractivity contribution in [3.8, 4) is 0 Å². The summed E-state index contributed by atoms with van der Waals surface area (Å²) in [6.45, 7) is 4.41. The molecule has 0 radical (unpaired) electrons. The van der Waals surface area contributed by atoms with Crippen LogP contribution in [0.3, 0.4) is 0 Å². The molecule has 9 heteroatoms. The molecule has 0 aromatic carbocycles. The van der Waals surface area contributed by atoms with Gasteiger partial charge >= 0.3 is 17.9 Å². The number of hydroxylamine groups is 4. The quantitative estimate of drug-likeness (QED) is 0.680. The van der Waals surface area contributed by atoms with E-state index in [0.29, 0.717) is 38.8 Å². The van der Waals surface area contributed by atoms with E-state index in [4.69, 9.17) is 20.5 Å². The fraction of sp³-hybridized carbons (Fsp3) is 0.800. The third-order valence-electron chi connectivity index (χ3n) is 4.37. The minimum Gasteiger partial charge on any atom is -0.480 e. The van der Waals surface area contributed by atoms with Crippen LogP contribution in [0.4, 0.5) is 0 Å². The fourth-order valence-electron chi connectivity index (χ4n) is 2.81. The summed E-state index contributed by atoms with van der Waals surface area (Å²) in [7, 11) is 0. The van der Waals surface area contributed by atoms with Crippen LogP contribution in [-0.4, -0.2) is 64.4 Å². The first-order chi connectivity index (χ1) is 11.3. The van der Waals surface area contributed by atoms with Gasteiger partial charge in [-0.05, 0) is 31.6 Å². The Balaban J connectivity index is 1.93. The maximum atomic E-state index is 12.3. The Morgan fingerprint density at radius 3 is 2.12 bits per heavy atom. The van der Waals surface area contributed by atoms with E-state index in [1.807, 2.05) is 0 Å². The van der Waals surface area contributed by atoms with E-state index < -0.39 is 36.0 Å². The molecule has 2 aliphatic heterocycles. The molecule has 136 valence electrons. The van der Waals surface area contributed by atoms with Crippen LogP contribution in [0.15, 0.2) is 0 Å². The number of nitrogens with zero attached hydrogens (tertiary/aromatic N) is 2. The summed E-state index contributed by atoms with van der Waals surface area (Å²) < 4.78 is 0. The van der Waals surface area contributed by atoms with Crippen molar-refractivity contribution >= 4 is 17.9 Å². The van der Waals surface area contributed by atoms with Crippen molar-refractivity contribution in [1.29, 1.82) is 0 Å². The highest BCUT2D eigenvalue weighted by atomic mass is 16.7. The molecule has 2 fully saturated rings. The molecule has 2 saturated heterocycles. The Morgan fingerprint density at radius 1 is 1.04 bits per heavy atom. The lowest BCUT2D eigenvalue weighted by molar-refractivity contribution is -0.222. The van der Waals surface area contributed by atoms with E-state index in [2.05, 4.69) is 0 Å². The van der Waals surface area contributed by atoms with Gasteiger partial charge in [0.25, 0.3) is 0 Å².